The predicted octanol–water partition coefficient (Wildman–Crippen LogP) is 4.91. The molecule has 1 N–H and O–H groups in total. The van der Waals surface area contributed by atoms with Gasteiger partial charge in [0.05, 0.1) is 12.3 Å². The van der Waals surface area contributed by atoms with E-state index in [1.807, 2.05) is 56.3 Å². The molecule has 3 rings (SSSR count). The van der Waals surface area contributed by atoms with E-state index in [2.05, 4.69) is 16.9 Å². The first kappa shape index (κ1) is 17.0. The van der Waals surface area contributed by atoms with Crippen LogP contribution in [0.2, 0.25) is 0 Å². The minimum absolute atomic E-state index is 0.240. The second kappa shape index (κ2) is 7.34. The van der Waals surface area contributed by atoms with Crippen LogP contribution in [0.25, 0.3) is 23.1 Å². The minimum Gasteiger partial charge on any atom is -0.505 e. The minimum atomic E-state index is 0.240. The number of benzene rings is 1. The lowest BCUT2D eigenvalue weighted by Gasteiger charge is -2.08. The number of hydrogen-bond donors (Lipinski definition) is 1. The van der Waals surface area contributed by atoms with Crippen LogP contribution in [-0.4, -0.2) is 21.7 Å². The normalized spacial score (nSPS) is 11.3. The number of aromatic hydroxyl groups is 1. The molecule has 2 aromatic heterocycles. The summed E-state index contributed by atoms with van der Waals surface area (Å²) in [6.45, 7) is 6.62. The van der Waals surface area contributed by atoms with Gasteiger partial charge in [0.2, 0.25) is 5.88 Å². The number of aromatic nitrogens is 2. The van der Waals surface area contributed by atoms with E-state index in [0.29, 0.717) is 18.0 Å². The molecule has 0 spiro atoms. The average molecular weight is 334 g/mol. The maximum Gasteiger partial charge on any atom is 0.220 e. The quantitative estimate of drug-likeness (QED) is 0.720. The van der Waals surface area contributed by atoms with Crippen molar-refractivity contribution in [3.05, 3.63) is 58.9 Å². The topological polar surface area (TPSA) is 55.2 Å². The highest BCUT2D eigenvalue weighted by Gasteiger charge is 2.08. The lowest BCUT2D eigenvalue weighted by molar-refractivity contribution is 0.304. The SMILES string of the molecule is CCCOc1ncccc1/C=C/c1ccc2c(C)cc(C)c(O)c2n1. The van der Waals surface area contributed by atoms with Crippen molar-refractivity contribution in [3.8, 4) is 11.6 Å². The van der Waals surface area contributed by atoms with Crippen LogP contribution in [0, 0.1) is 13.8 Å². The molecule has 0 saturated carbocycles. The van der Waals surface area contributed by atoms with E-state index >= 15 is 0 Å². The van der Waals surface area contributed by atoms with Gasteiger partial charge in [-0.25, -0.2) is 9.97 Å². The summed E-state index contributed by atoms with van der Waals surface area (Å²) in [5, 5.41) is 11.3. The molecule has 0 unspecified atom stereocenters. The van der Waals surface area contributed by atoms with E-state index < -0.39 is 0 Å². The standard InChI is InChI=1S/C21H22N2O2/c1-4-12-25-21-16(6-5-11-22-21)7-8-17-9-10-18-14(2)13-15(3)20(24)19(18)23-17/h5-11,13,24H,4,12H2,1-3H3/b8-7+. The van der Waals surface area contributed by atoms with Crippen LogP contribution in [0.15, 0.2) is 36.5 Å². The molecular formula is C21H22N2O2. The van der Waals surface area contributed by atoms with Gasteiger partial charge in [0.25, 0.3) is 0 Å². The Morgan fingerprint density at radius 1 is 1.12 bits per heavy atom. The third-order valence-corrected chi connectivity index (χ3v) is 4.05. The Labute approximate surface area is 147 Å². The van der Waals surface area contributed by atoms with E-state index in [1.54, 1.807) is 6.20 Å². The van der Waals surface area contributed by atoms with Crippen molar-refractivity contribution < 1.29 is 9.84 Å². The molecule has 0 aliphatic carbocycles. The second-order valence-corrected chi connectivity index (χ2v) is 6.07. The van der Waals surface area contributed by atoms with E-state index in [0.717, 1.165) is 34.2 Å². The summed E-state index contributed by atoms with van der Waals surface area (Å²) in [6.07, 6.45) is 6.50. The fourth-order valence-corrected chi connectivity index (χ4v) is 2.75. The number of phenolic OH excluding ortho intramolecular Hbond substituents is 1. The van der Waals surface area contributed by atoms with Gasteiger partial charge in [0, 0.05) is 17.1 Å². The van der Waals surface area contributed by atoms with Crippen LogP contribution in [0.1, 0.15) is 35.7 Å². The first-order chi connectivity index (χ1) is 12.1. The summed E-state index contributed by atoms with van der Waals surface area (Å²) in [5.41, 5.74) is 4.26. The van der Waals surface area contributed by atoms with Crippen molar-refractivity contribution in [1.82, 2.24) is 9.97 Å². The van der Waals surface area contributed by atoms with Gasteiger partial charge >= 0.3 is 0 Å². The highest BCUT2D eigenvalue weighted by atomic mass is 16.5. The Morgan fingerprint density at radius 3 is 2.76 bits per heavy atom. The lowest BCUT2D eigenvalue weighted by atomic mass is 10.0. The van der Waals surface area contributed by atoms with Crippen molar-refractivity contribution in [2.45, 2.75) is 27.2 Å². The monoisotopic (exact) mass is 334 g/mol. The maximum atomic E-state index is 10.3. The number of phenols is 1. The smallest absolute Gasteiger partial charge is 0.220 e. The molecule has 0 bridgehead atoms. The Balaban J connectivity index is 1.96. The van der Waals surface area contributed by atoms with Gasteiger partial charge in [-0.15, -0.1) is 0 Å². The molecule has 0 amide bonds. The number of ether oxygens (including phenoxy) is 1. The zero-order valence-corrected chi connectivity index (χ0v) is 14.8. The van der Waals surface area contributed by atoms with Crippen LogP contribution >= 0.6 is 0 Å². The summed E-state index contributed by atoms with van der Waals surface area (Å²) in [4.78, 5) is 8.89. The van der Waals surface area contributed by atoms with Crippen molar-refractivity contribution in [2.75, 3.05) is 6.61 Å². The first-order valence-electron chi connectivity index (χ1n) is 8.46. The molecule has 0 radical (unpaired) electrons. The Bertz CT molecular complexity index is 933. The highest BCUT2D eigenvalue weighted by Crippen LogP contribution is 2.30. The molecule has 1 aromatic carbocycles. The van der Waals surface area contributed by atoms with E-state index in [4.69, 9.17) is 4.74 Å². The molecule has 3 aromatic rings. The van der Waals surface area contributed by atoms with Gasteiger partial charge in [0.15, 0.2) is 0 Å². The van der Waals surface area contributed by atoms with Crippen LogP contribution in [0.4, 0.5) is 0 Å². The third-order valence-electron chi connectivity index (χ3n) is 4.05. The zero-order valence-electron chi connectivity index (χ0n) is 14.8. The van der Waals surface area contributed by atoms with Crippen molar-refractivity contribution in [1.29, 1.82) is 0 Å². The molecule has 0 atom stereocenters. The molecule has 4 heteroatoms. The largest absolute Gasteiger partial charge is 0.505 e. The summed E-state index contributed by atoms with van der Waals surface area (Å²) >= 11 is 0. The van der Waals surface area contributed by atoms with Crippen LogP contribution in [-0.2, 0) is 0 Å². The number of aryl methyl sites for hydroxylation is 2. The van der Waals surface area contributed by atoms with Crippen molar-refractivity contribution in [3.63, 3.8) is 0 Å². The van der Waals surface area contributed by atoms with Gasteiger partial charge in [-0.2, -0.15) is 0 Å². The number of nitrogens with zero attached hydrogens (tertiary/aromatic N) is 2. The first-order valence-corrected chi connectivity index (χ1v) is 8.46. The highest BCUT2D eigenvalue weighted by molar-refractivity contribution is 5.89. The summed E-state index contributed by atoms with van der Waals surface area (Å²) in [6, 6.07) is 9.76. The second-order valence-electron chi connectivity index (χ2n) is 6.07. The molecule has 0 saturated heterocycles. The molecule has 25 heavy (non-hydrogen) atoms. The molecular weight excluding hydrogens is 312 g/mol. The number of hydrogen-bond acceptors (Lipinski definition) is 4. The molecule has 0 aliphatic rings. The number of fused-ring (bicyclic) bond motifs is 1. The average Bonchev–Trinajstić information content (AvgIpc) is 2.63. The Morgan fingerprint density at radius 2 is 1.96 bits per heavy atom. The molecule has 0 aliphatic heterocycles. The molecule has 2 heterocycles. The summed E-state index contributed by atoms with van der Waals surface area (Å²) in [7, 11) is 0. The van der Waals surface area contributed by atoms with E-state index in [-0.39, 0.29) is 5.75 Å². The third kappa shape index (κ3) is 3.63. The van der Waals surface area contributed by atoms with Crippen LogP contribution in [0.5, 0.6) is 11.6 Å². The fraction of sp³-hybridized carbons (Fsp3) is 0.238. The maximum absolute atomic E-state index is 10.3. The molecule has 0 fully saturated rings. The fourth-order valence-electron chi connectivity index (χ4n) is 2.75. The van der Waals surface area contributed by atoms with E-state index in [9.17, 15) is 5.11 Å². The predicted molar refractivity (Wildman–Crippen MR) is 102 cm³/mol. The van der Waals surface area contributed by atoms with Crippen molar-refractivity contribution >= 4 is 23.1 Å². The van der Waals surface area contributed by atoms with Crippen LogP contribution in [0.3, 0.4) is 0 Å². The van der Waals surface area contributed by atoms with Gasteiger partial charge in [-0.3, -0.25) is 0 Å². The summed E-state index contributed by atoms with van der Waals surface area (Å²) in [5.74, 6) is 0.861. The van der Waals surface area contributed by atoms with Gasteiger partial charge < -0.3 is 9.84 Å². The van der Waals surface area contributed by atoms with Crippen molar-refractivity contribution in [2.24, 2.45) is 0 Å². The Hall–Kier alpha value is -2.88. The zero-order chi connectivity index (χ0) is 17.8. The lowest BCUT2D eigenvalue weighted by Crippen LogP contribution is -1.98. The number of rotatable bonds is 5. The molecule has 4 nitrogen and oxygen atoms in total. The van der Waals surface area contributed by atoms with Gasteiger partial charge in [0.1, 0.15) is 11.3 Å². The van der Waals surface area contributed by atoms with Gasteiger partial charge in [-0.05, 0) is 61.7 Å². The number of pyridine rings is 2. The van der Waals surface area contributed by atoms with E-state index in [1.165, 1.54) is 0 Å². The summed E-state index contributed by atoms with van der Waals surface area (Å²) < 4.78 is 5.67. The van der Waals surface area contributed by atoms with Gasteiger partial charge in [-0.1, -0.05) is 19.1 Å². The Kier molecular flexibility index (Phi) is 4.98. The molecule has 128 valence electrons. The van der Waals surface area contributed by atoms with Crippen LogP contribution < -0.4 is 4.74 Å².